The summed E-state index contributed by atoms with van der Waals surface area (Å²) in [6.07, 6.45) is 0. The van der Waals surface area contributed by atoms with E-state index >= 15 is 0 Å². The summed E-state index contributed by atoms with van der Waals surface area (Å²) in [7, 11) is 0. The normalized spacial score (nSPS) is 11.8. The van der Waals surface area contributed by atoms with Crippen LogP contribution >= 0.6 is 11.5 Å². The van der Waals surface area contributed by atoms with E-state index in [-0.39, 0.29) is 11.7 Å². The number of carbonyl (C=O) groups is 2. The first-order chi connectivity index (χ1) is 13.7. The van der Waals surface area contributed by atoms with E-state index in [0.29, 0.717) is 22.4 Å². The molecule has 1 aliphatic carbocycles. The van der Waals surface area contributed by atoms with Gasteiger partial charge < -0.3 is 5.32 Å². The minimum atomic E-state index is -0.255. The molecule has 6 heteroatoms. The van der Waals surface area contributed by atoms with Crippen molar-refractivity contribution in [2.24, 2.45) is 0 Å². The SMILES string of the molecule is O=C(Nc1ccc(-c2csnn2)cc1)c1ccc2c(c1)C(=O)c1ccccc1-2. The molecular weight excluding hydrogens is 370 g/mol. The zero-order chi connectivity index (χ0) is 19.1. The second-order valence-corrected chi connectivity index (χ2v) is 7.07. The highest BCUT2D eigenvalue weighted by atomic mass is 32.1. The average molecular weight is 383 g/mol. The van der Waals surface area contributed by atoms with Crippen molar-refractivity contribution in [3.63, 3.8) is 0 Å². The van der Waals surface area contributed by atoms with Crippen LogP contribution in [-0.2, 0) is 0 Å². The number of fused-ring (bicyclic) bond motifs is 3. The van der Waals surface area contributed by atoms with Crippen LogP contribution in [0.2, 0.25) is 0 Å². The van der Waals surface area contributed by atoms with Gasteiger partial charge in [-0.2, -0.15) is 0 Å². The van der Waals surface area contributed by atoms with Gasteiger partial charge in [0.25, 0.3) is 5.91 Å². The fourth-order valence-corrected chi connectivity index (χ4v) is 3.85. The van der Waals surface area contributed by atoms with Gasteiger partial charge >= 0.3 is 0 Å². The third kappa shape index (κ3) is 2.71. The molecule has 0 unspecified atom stereocenters. The summed E-state index contributed by atoms with van der Waals surface area (Å²) < 4.78 is 3.85. The molecule has 0 fully saturated rings. The van der Waals surface area contributed by atoms with Gasteiger partial charge in [-0.1, -0.05) is 47.0 Å². The number of amides is 1. The van der Waals surface area contributed by atoms with E-state index in [1.165, 1.54) is 11.5 Å². The molecule has 5 nitrogen and oxygen atoms in total. The molecule has 0 radical (unpaired) electrons. The van der Waals surface area contributed by atoms with Crippen molar-refractivity contribution < 1.29 is 9.59 Å². The smallest absolute Gasteiger partial charge is 0.255 e. The monoisotopic (exact) mass is 383 g/mol. The Labute approximate surface area is 164 Å². The number of carbonyl (C=O) groups excluding carboxylic acids is 2. The molecule has 28 heavy (non-hydrogen) atoms. The number of nitrogens with zero attached hydrogens (tertiary/aromatic N) is 2. The van der Waals surface area contributed by atoms with Gasteiger partial charge in [0.2, 0.25) is 0 Å². The van der Waals surface area contributed by atoms with E-state index < -0.39 is 0 Å². The Hall–Kier alpha value is -3.64. The fourth-order valence-electron chi connectivity index (χ4n) is 3.39. The Morgan fingerprint density at radius 3 is 2.36 bits per heavy atom. The van der Waals surface area contributed by atoms with E-state index in [1.807, 2.05) is 60.0 Å². The number of aromatic nitrogens is 2. The summed E-state index contributed by atoms with van der Waals surface area (Å²) in [5, 5.41) is 8.77. The third-order valence-electron chi connectivity index (χ3n) is 4.79. The van der Waals surface area contributed by atoms with Crippen molar-refractivity contribution in [1.82, 2.24) is 9.59 Å². The molecule has 1 aromatic heterocycles. The minimum absolute atomic E-state index is 0.0403. The summed E-state index contributed by atoms with van der Waals surface area (Å²) in [6, 6.07) is 20.2. The van der Waals surface area contributed by atoms with Crippen molar-refractivity contribution in [3.05, 3.63) is 88.8 Å². The van der Waals surface area contributed by atoms with E-state index in [2.05, 4.69) is 14.9 Å². The lowest BCUT2D eigenvalue weighted by Crippen LogP contribution is -2.12. The highest BCUT2D eigenvalue weighted by Gasteiger charge is 2.27. The molecule has 0 saturated carbocycles. The summed E-state index contributed by atoms with van der Waals surface area (Å²) in [4.78, 5) is 25.3. The molecule has 5 rings (SSSR count). The van der Waals surface area contributed by atoms with Crippen LogP contribution < -0.4 is 5.32 Å². The molecule has 134 valence electrons. The Morgan fingerprint density at radius 1 is 0.857 bits per heavy atom. The Bertz CT molecular complexity index is 1220. The first-order valence-electron chi connectivity index (χ1n) is 8.68. The fraction of sp³-hybridized carbons (Fsp3) is 0. The molecule has 4 aromatic rings. The lowest BCUT2D eigenvalue weighted by Gasteiger charge is -2.07. The molecule has 0 aliphatic heterocycles. The molecule has 1 N–H and O–H groups in total. The van der Waals surface area contributed by atoms with Crippen molar-refractivity contribution in [2.75, 3.05) is 5.32 Å². The molecule has 3 aromatic carbocycles. The second kappa shape index (κ2) is 6.51. The van der Waals surface area contributed by atoms with E-state index in [9.17, 15) is 9.59 Å². The number of ketones is 1. The Balaban J connectivity index is 1.39. The first kappa shape index (κ1) is 16.5. The summed E-state index contributed by atoms with van der Waals surface area (Å²) in [5.74, 6) is -0.295. The van der Waals surface area contributed by atoms with Crippen molar-refractivity contribution >= 4 is 28.9 Å². The maximum Gasteiger partial charge on any atom is 0.255 e. The molecular formula is C22H13N3O2S. The van der Waals surface area contributed by atoms with Crippen LogP contribution in [0.4, 0.5) is 5.69 Å². The van der Waals surface area contributed by atoms with Crippen molar-refractivity contribution in [1.29, 1.82) is 0 Å². The molecule has 1 heterocycles. The zero-order valence-electron chi connectivity index (χ0n) is 14.5. The summed E-state index contributed by atoms with van der Waals surface area (Å²) >= 11 is 1.29. The summed E-state index contributed by atoms with van der Waals surface area (Å²) in [6.45, 7) is 0. The number of nitrogens with one attached hydrogen (secondary N) is 1. The predicted octanol–water partition coefficient (Wildman–Crippen LogP) is 4.67. The number of hydrogen-bond donors (Lipinski definition) is 1. The highest BCUT2D eigenvalue weighted by molar-refractivity contribution is 7.03. The van der Waals surface area contributed by atoms with Crippen LogP contribution in [0, 0.1) is 0 Å². The van der Waals surface area contributed by atoms with Crippen molar-refractivity contribution in [3.8, 4) is 22.4 Å². The first-order valence-corrected chi connectivity index (χ1v) is 9.51. The molecule has 0 bridgehead atoms. The largest absolute Gasteiger partial charge is 0.322 e. The number of hydrogen-bond acceptors (Lipinski definition) is 5. The van der Waals surface area contributed by atoms with E-state index in [0.717, 1.165) is 22.4 Å². The van der Waals surface area contributed by atoms with Crippen LogP contribution in [0.5, 0.6) is 0 Å². The number of anilines is 1. The Morgan fingerprint density at radius 2 is 1.61 bits per heavy atom. The second-order valence-electron chi connectivity index (χ2n) is 6.46. The standard InChI is InChI=1S/C22H13N3O2S/c26-21-18-4-2-1-3-16(18)17-10-7-14(11-19(17)21)22(27)23-15-8-5-13(6-9-15)20-12-28-25-24-20/h1-12H,(H,23,27). The minimum Gasteiger partial charge on any atom is -0.322 e. The Kier molecular flexibility index (Phi) is 3.84. The molecule has 1 aliphatic rings. The van der Waals surface area contributed by atoms with Crippen LogP contribution in [0.3, 0.4) is 0 Å². The maximum absolute atomic E-state index is 12.7. The highest BCUT2D eigenvalue weighted by Crippen LogP contribution is 2.36. The van der Waals surface area contributed by atoms with Gasteiger partial charge in [0, 0.05) is 33.3 Å². The van der Waals surface area contributed by atoms with Gasteiger partial charge in [0.1, 0.15) is 5.69 Å². The van der Waals surface area contributed by atoms with Crippen LogP contribution in [0.25, 0.3) is 22.4 Å². The topological polar surface area (TPSA) is 72.0 Å². The molecule has 1 amide bonds. The van der Waals surface area contributed by atoms with Crippen LogP contribution in [0.15, 0.2) is 72.1 Å². The van der Waals surface area contributed by atoms with Gasteiger partial charge in [-0.3, -0.25) is 9.59 Å². The van der Waals surface area contributed by atoms with E-state index in [1.54, 1.807) is 12.1 Å². The summed E-state index contributed by atoms with van der Waals surface area (Å²) in [5.41, 5.74) is 5.91. The number of rotatable bonds is 3. The lowest BCUT2D eigenvalue weighted by atomic mass is 10.0. The van der Waals surface area contributed by atoms with Crippen LogP contribution in [0.1, 0.15) is 26.3 Å². The zero-order valence-corrected chi connectivity index (χ0v) is 15.4. The van der Waals surface area contributed by atoms with E-state index in [4.69, 9.17) is 0 Å². The van der Waals surface area contributed by atoms with Gasteiger partial charge in [0.05, 0.1) is 0 Å². The van der Waals surface area contributed by atoms with Gasteiger partial charge in [-0.25, -0.2) is 0 Å². The van der Waals surface area contributed by atoms with Gasteiger partial charge in [-0.15, -0.1) is 5.10 Å². The van der Waals surface area contributed by atoms with Crippen molar-refractivity contribution in [2.45, 2.75) is 0 Å². The third-order valence-corrected chi connectivity index (χ3v) is 5.29. The lowest BCUT2D eigenvalue weighted by molar-refractivity contribution is 0.102. The predicted molar refractivity (Wildman–Crippen MR) is 109 cm³/mol. The van der Waals surface area contributed by atoms with Crippen LogP contribution in [-0.4, -0.2) is 21.3 Å². The average Bonchev–Trinajstić information content (AvgIpc) is 3.36. The van der Waals surface area contributed by atoms with Gasteiger partial charge in [0.15, 0.2) is 5.78 Å². The maximum atomic E-state index is 12.7. The number of benzene rings is 3. The quantitative estimate of drug-likeness (QED) is 0.491. The molecule has 0 atom stereocenters. The molecule has 0 spiro atoms. The molecule has 0 saturated heterocycles. The van der Waals surface area contributed by atoms with Gasteiger partial charge in [-0.05, 0) is 46.9 Å².